The Hall–Kier alpha value is -1.96. The number of carbonyl (C=O) groups excluding carboxylic acids is 4. The lowest BCUT2D eigenvalue weighted by Gasteiger charge is -2.24. The summed E-state index contributed by atoms with van der Waals surface area (Å²) in [7, 11) is 1.77. The van der Waals surface area contributed by atoms with Crippen LogP contribution >= 0.6 is 0 Å². The zero-order chi connectivity index (χ0) is 30.9. The number of unbranched alkanes of at least 4 members (excludes halogenated alkanes) is 13. The molecule has 8 heteroatoms. The molecule has 240 valence electrons. The number of rotatable bonds is 26. The third-order valence-electron chi connectivity index (χ3n) is 7.27. The topological polar surface area (TPSA) is 114 Å². The van der Waals surface area contributed by atoms with Crippen LogP contribution in [0.5, 0.6) is 0 Å². The van der Waals surface area contributed by atoms with E-state index in [4.69, 9.17) is 4.74 Å². The lowest BCUT2D eigenvalue weighted by Crippen LogP contribution is -2.44. The van der Waals surface area contributed by atoms with Crippen molar-refractivity contribution in [2.24, 2.45) is 0 Å². The van der Waals surface area contributed by atoms with Gasteiger partial charge >= 0.3 is 5.97 Å². The van der Waals surface area contributed by atoms with Crippen molar-refractivity contribution in [2.75, 3.05) is 13.6 Å². The molecular weight excluding hydrogens is 518 g/mol. The fourth-order valence-electron chi connectivity index (χ4n) is 4.81. The lowest BCUT2D eigenvalue weighted by molar-refractivity contribution is -0.159. The van der Waals surface area contributed by atoms with Crippen LogP contribution in [0.3, 0.4) is 0 Å². The molecule has 8 nitrogen and oxygen atoms in total. The molecule has 41 heavy (non-hydrogen) atoms. The summed E-state index contributed by atoms with van der Waals surface area (Å²) in [5.74, 6) is -0.734. The minimum Gasteiger partial charge on any atom is -0.458 e. The van der Waals surface area contributed by atoms with Crippen molar-refractivity contribution < 1.29 is 23.9 Å². The van der Waals surface area contributed by atoms with Crippen LogP contribution in [-0.4, -0.2) is 54.8 Å². The molecule has 0 saturated carbocycles. The summed E-state index contributed by atoms with van der Waals surface area (Å²) in [6, 6.07) is -0.995. The van der Waals surface area contributed by atoms with Crippen molar-refractivity contribution in [3.05, 3.63) is 0 Å². The smallest absolute Gasteiger partial charge is 0.329 e. The van der Waals surface area contributed by atoms with E-state index < -0.39 is 17.6 Å². The maximum absolute atomic E-state index is 12.7. The molecule has 0 rings (SSSR count). The van der Waals surface area contributed by atoms with Crippen molar-refractivity contribution in [2.45, 2.75) is 174 Å². The van der Waals surface area contributed by atoms with Crippen LogP contribution < -0.4 is 16.0 Å². The molecule has 0 radical (unpaired) electrons. The maximum atomic E-state index is 12.7. The van der Waals surface area contributed by atoms with Crippen molar-refractivity contribution in [3.8, 4) is 0 Å². The normalized spacial score (nSPS) is 12.9. The van der Waals surface area contributed by atoms with Gasteiger partial charge in [-0.25, -0.2) is 4.79 Å². The summed E-state index contributed by atoms with van der Waals surface area (Å²) in [6.45, 7) is 9.69. The Labute approximate surface area is 251 Å². The van der Waals surface area contributed by atoms with Gasteiger partial charge in [0, 0.05) is 19.4 Å². The number of ether oxygens (including phenoxy) is 1. The third kappa shape index (κ3) is 24.4. The van der Waals surface area contributed by atoms with Crippen LogP contribution in [0.4, 0.5) is 0 Å². The molecule has 0 aromatic rings. The van der Waals surface area contributed by atoms with Gasteiger partial charge in [0.15, 0.2) is 0 Å². The highest BCUT2D eigenvalue weighted by atomic mass is 16.6. The number of amides is 2. The molecule has 0 aromatic carbocycles. The number of hydrogen-bond donors (Lipinski definition) is 3. The van der Waals surface area contributed by atoms with Crippen molar-refractivity contribution in [1.82, 2.24) is 16.0 Å². The summed E-state index contributed by atoms with van der Waals surface area (Å²) in [5.41, 5.74) is -0.678. The number of esters is 1. The molecule has 0 aliphatic heterocycles. The second-order valence-electron chi connectivity index (χ2n) is 12.5. The summed E-state index contributed by atoms with van der Waals surface area (Å²) in [4.78, 5) is 49.2. The molecular formula is C33H63N3O5. The first-order chi connectivity index (χ1) is 19.5. The lowest BCUT2D eigenvalue weighted by atomic mass is 10.0. The average molecular weight is 582 g/mol. The summed E-state index contributed by atoms with van der Waals surface area (Å²) in [6.07, 6.45) is 19.2. The molecule has 0 bridgehead atoms. The first kappa shape index (κ1) is 39.0. The predicted molar refractivity (Wildman–Crippen MR) is 168 cm³/mol. The molecule has 2 unspecified atom stereocenters. The molecule has 0 aliphatic rings. The van der Waals surface area contributed by atoms with Crippen LogP contribution in [0, 0.1) is 0 Å². The zero-order valence-corrected chi connectivity index (χ0v) is 27.3. The predicted octanol–water partition coefficient (Wildman–Crippen LogP) is 6.54. The van der Waals surface area contributed by atoms with E-state index in [0.29, 0.717) is 13.0 Å². The quantitative estimate of drug-likeness (QED) is 0.0790. The molecule has 0 heterocycles. The highest BCUT2D eigenvalue weighted by molar-refractivity contribution is 5.85. The first-order valence-electron chi connectivity index (χ1n) is 16.5. The standard InChI is InChI=1S/C33H63N3O5/c1-7-8-9-10-11-12-13-14-15-16-17-18-19-23-31(39)36-29(32(40)41-33(3,4)5)24-25-30(38)35-26-21-20-22-28(34-6)27(2)37/h28-29,34H,7-26H2,1-6H3,(H,35,38)(H,36,39). The number of likely N-dealkylation sites (N-methyl/N-ethyl adjacent to an activating group) is 1. The minimum atomic E-state index is -0.846. The summed E-state index contributed by atoms with van der Waals surface area (Å²) < 4.78 is 5.50. The van der Waals surface area contributed by atoms with E-state index in [1.165, 1.54) is 64.2 Å². The zero-order valence-electron chi connectivity index (χ0n) is 27.3. The van der Waals surface area contributed by atoms with Crippen LogP contribution in [0.15, 0.2) is 0 Å². The van der Waals surface area contributed by atoms with E-state index >= 15 is 0 Å². The molecule has 0 spiro atoms. The van der Waals surface area contributed by atoms with Gasteiger partial charge < -0.3 is 20.7 Å². The van der Waals surface area contributed by atoms with Gasteiger partial charge in [-0.3, -0.25) is 14.4 Å². The van der Waals surface area contributed by atoms with Crippen molar-refractivity contribution in [3.63, 3.8) is 0 Å². The molecule has 0 aliphatic carbocycles. The Kier molecular flexibility index (Phi) is 23.4. The van der Waals surface area contributed by atoms with Gasteiger partial charge in [-0.15, -0.1) is 0 Å². The number of carbonyl (C=O) groups is 4. The summed E-state index contributed by atoms with van der Waals surface area (Å²) >= 11 is 0. The number of hydrogen-bond acceptors (Lipinski definition) is 6. The monoisotopic (exact) mass is 581 g/mol. The molecule has 3 N–H and O–H groups in total. The van der Waals surface area contributed by atoms with Gasteiger partial charge in [0.05, 0.1) is 6.04 Å². The largest absolute Gasteiger partial charge is 0.458 e. The molecule has 0 saturated heterocycles. The van der Waals surface area contributed by atoms with Crippen molar-refractivity contribution in [1.29, 1.82) is 0 Å². The van der Waals surface area contributed by atoms with Gasteiger partial charge in [0.25, 0.3) is 0 Å². The Morgan fingerprint density at radius 1 is 0.659 bits per heavy atom. The summed E-state index contributed by atoms with van der Waals surface area (Å²) in [5, 5.41) is 8.68. The van der Waals surface area contributed by atoms with Crippen LogP contribution in [-0.2, 0) is 23.9 Å². The Morgan fingerprint density at radius 2 is 1.20 bits per heavy atom. The molecule has 2 atom stereocenters. The molecule has 2 amide bonds. The third-order valence-corrected chi connectivity index (χ3v) is 7.27. The number of nitrogens with one attached hydrogen (secondary N) is 3. The van der Waals surface area contributed by atoms with Gasteiger partial charge in [-0.05, 0) is 66.8 Å². The van der Waals surface area contributed by atoms with Gasteiger partial charge in [-0.2, -0.15) is 0 Å². The van der Waals surface area contributed by atoms with Gasteiger partial charge in [0.2, 0.25) is 11.8 Å². The van der Waals surface area contributed by atoms with Gasteiger partial charge in [-0.1, -0.05) is 84.0 Å². The van der Waals surface area contributed by atoms with E-state index in [0.717, 1.165) is 38.5 Å². The second-order valence-corrected chi connectivity index (χ2v) is 12.5. The minimum absolute atomic E-state index is 0.112. The Balaban J connectivity index is 4.26. The number of Topliss-reactive ketones (excluding diaryl/α,β-unsaturated/α-hetero) is 1. The van der Waals surface area contributed by atoms with Crippen molar-refractivity contribution >= 4 is 23.6 Å². The van der Waals surface area contributed by atoms with Gasteiger partial charge in [0.1, 0.15) is 17.4 Å². The van der Waals surface area contributed by atoms with E-state index in [9.17, 15) is 19.2 Å². The Morgan fingerprint density at radius 3 is 1.68 bits per heavy atom. The van der Waals surface area contributed by atoms with E-state index in [-0.39, 0.29) is 36.5 Å². The fraction of sp³-hybridized carbons (Fsp3) is 0.879. The van der Waals surface area contributed by atoms with Crippen LogP contribution in [0.2, 0.25) is 0 Å². The highest BCUT2D eigenvalue weighted by Gasteiger charge is 2.27. The highest BCUT2D eigenvalue weighted by Crippen LogP contribution is 2.14. The van der Waals surface area contributed by atoms with Crippen LogP contribution in [0.25, 0.3) is 0 Å². The molecule has 0 aromatic heterocycles. The second kappa shape index (κ2) is 24.6. The average Bonchev–Trinajstić information content (AvgIpc) is 2.89. The van der Waals surface area contributed by atoms with E-state index in [1.807, 2.05) is 0 Å². The first-order valence-corrected chi connectivity index (χ1v) is 16.5. The maximum Gasteiger partial charge on any atom is 0.329 e. The molecule has 0 fully saturated rings. The van der Waals surface area contributed by atoms with E-state index in [1.54, 1.807) is 34.7 Å². The fourth-order valence-corrected chi connectivity index (χ4v) is 4.81. The van der Waals surface area contributed by atoms with Crippen LogP contribution in [0.1, 0.15) is 157 Å². The Bertz CT molecular complexity index is 720. The SMILES string of the molecule is CCCCCCCCCCCCCCCC(=O)NC(CCC(=O)NCCCCC(NC)C(C)=O)C(=O)OC(C)(C)C. The van der Waals surface area contributed by atoms with E-state index in [2.05, 4.69) is 22.9 Å². The number of ketones is 1.